The number of para-hydroxylation sites is 1. The van der Waals surface area contributed by atoms with E-state index in [1.807, 2.05) is 45.0 Å². The first-order valence-electron chi connectivity index (χ1n) is 8.42. The number of hydrogen-bond acceptors (Lipinski definition) is 3. The van der Waals surface area contributed by atoms with Gasteiger partial charge >= 0.3 is 5.97 Å². The summed E-state index contributed by atoms with van der Waals surface area (Å²) < 4.78 is 7.55. The van der Waals surface area contributed by atoms with Crippen LogP contribution < -0.4 is 0 Å². The van der Waals surface area contributed by atoms with Gasteiger partial charge in [0.25, 0.3) is 0 Å². The second-order valence-corrected chi connectivity index (χ2v) is 7.23. The van der Waals surface area contributed by atoms with Crippen LogP contribution >= 0.6 is 0 Å². The van der Waals surface area contributed by atoms with Crippen molar-refractivity contribution in [2.45, 2.75) is 32.8 Å². The van der Waals surface area contributed by atoms with Crippen molar-refractivity contribution >= 4 is 33.3 Å². The molecule has 0 saturated carbocycles. The summed E-state index contributed by atoms with van der Waals surface area (Å²) in [6.45, 7) is 5.63. The van der Waals surface area contributed by atoms with E-state index in [1.54, 1.807) is 6.20 Å². The van der Waals surface area contributed by atoms with Crippen molar-refractivity contribution < 1.29 is 9.53 Å². The highest BCUT2D eigenvalue weighted by Crippen LogP contribution is 2.30. The Bertz CT molecular complexity index is 1100. The maximum Gasteiger partial charge on any atom is 0.312 e. The molecule has 4 aromatic rings. The number of fused-ring (bicyclic) bond motifs is 6. The molecule has 0 atom stereocenters. The zero-order valence-electron chi connectivity index (χ0n) is 14.6. The van der Waals surface area contributed by atoms with E-state index in [2.05, 4.69) is 33.7 Å². The zero-order valence-corrected chi connectivity index (χ0v) is 14.6. The van der Waals surface area contributed by atoms with Crippen LogP contribution in [0.15, 0.2) is 54.7 Å². The van der Waals surface area contributed by atoms with Crippen LogP contribution in [0.2, 0.25) is 0 Å². The summed E-state index contributed by atoms with van der Waals surface area (Å²) in [5, 5.41) is 3.39. The Kier molecular flexibility index (Phi) is 3.49. The Morgan fingerprint density at radius 2 is 1.64 bits per heavy atom. The lowest BCUT2D eigenvalue weighted by atomic mass is 10.1. The molecule has 0 saturated heterocycles. The lowest BCUT2D eigenvalue weighted by molar-refractivity contribution is -0.154. The molecule has 0 aliphatic carbocycles. The molecular weight excluding hydrogens is 312 g/mol. The monoisotopic (exact) mass is 332 g/mol. The van der Waals surface area contributed by atoms with E-state index in [9.17, 15) is 4.79 Å². The van der Waals surface area contributed by atoms with Gasteiger partial charge in [-0.25, -0.2) is 4.98 Å². The minimum absolute atomic E-state index is 0.195. The predicted molar refractivity (Wildman–Crippen MR) is 99.8 cm³/mol. The maximum atomic E-state index is 12.3. The fourth-order valence-corrected chi connectivity index (χ4v) is 3.31. The standard InChI is InChI=1S/C21H20N2O2/c1-21(2,3)25-19(24)12-14-13-22-20-17-10-5-4-8-15(17)16-9-6-7-11-18(16)23(14)20/h4-11,13H,12H2,1-3H3. The van der Waals surface area contributed by atoms with E-state index in [0.717, 1.165) is 27.6 Å². The molecule has 2 aromatic heterocycles. The molecule has 0 fully saturated rings. The Labute approximate surface area is 146 Å². The molecule has 2 heterocycles. The van der Waals surface area contributed by atoms with Gasteiger partial charge in [-0.15, -0.1) is 0 Å². The Morgan fingerprint density at radius 3 is 2.36 bits per heavy atom. The van der Waals surface area contributed by atoms with Crippen LogP contribution in [0.25, 0.3) is 27.3 Å². The molecule has 0 N–H and O–H groups in total. The van der Waals surface area contributed by atoms with E-state index in [-0.39, 0.29) is 12.4 Å². The molecule has 4 nitrogen and oxygen atoms in total. The van der Waals surface area contributed by atoms with Crippen LogP contribution in [-0.4, -0.2) is 21.0 Å². The molecule has 0 aliphatic rings. The highest BCUT2D eigenvalue weighted by atomic mass is 16.6. The molecule has 0 bridgehead atoms. The van der Waals surface area contributed by atoms with E-state index >= 15 is 0 Å². The smallest absolute Gasteiger partial charge is 0.312 e. The summed E-state index contributed by atoms with van der Waals surface area (Å²) in [4.78, 5) is 16.9. The summed E-state index contributed by atoms with van der Waals surface area (Å²) in [6.07, 6.45) is 1.97. The van der Waals surface area contributed by atoms with E-state index < -0.39 is 5.60 Å². The second-order valence-electron chi connectivity index (χ2n) is 7.23. The average Bonchev–Trinajstić information content (AvgIpc) is 2.97. The topological polar surface area (TPSA) is 43.6 Å². The largest absolute Gasteiger partial charge is 0.460 e. The summed E-state index contributed by atoms with van der Waals surface area (Å²) in [5.41, 5.74) is 2.26. The molecule has 126 valence electrons. The quantitative estimate of drug-likeness (QED) is 0.400. The van der Waals surface area contributed by atoms with Gasteiger partial charge in [-0.1, -0.05) is 42.5 Å². The van der Waals surface area contributed by atoms with Crippen LogP contribution in [-0.2, 0) is 16.0 Å². The maximum absolute atomic E-state index is 12.3. The van der Waals surface area contributed by atoms with Crippen molar-refractivity contribution in [3.63, 3.8) is 0 Å². The molecule has 0 radical (unpaired) electrons. The Hall–Kier alpha value is -2.88. The second kappa shape index (κ2) is 5.59. The van der Waals surface area contributed by atoms with E-state index in [0.29, 0.717) is 0 Å². The number of ether oxygens (including phenoxy) is 1. The van der Waals surface area contributed by atoms with Gasteiger partial charge in [0.05, 0.1) is 17.6 Å². The zero-order chi connectivity index (χ0) is 17.6. The van der Waals surface area contributed by atoms with Crippen molar-refractivity contribution in [3.8, 4) is 0 Å². The minimum atomic E-state index is -0.494. The summed E-state index contributed by atoms with van der Waals surface area (Å²) >= 11 is 0. The van der Waals surface area contributed by atoms with Gasteiger partial charge in [-0.05, 0) is 32.2 Å². The summed E-state index contributed by atoms with van der Waals surface area (Å²) in [6, 6.07) is 16.4. The van der Waals surface area contributed by atoms with Crippen molar-refractivity contribution in [1.29, 1.82) is 0 Å². The third kappa shape index (κ3) is 2.74. The van der Waals surface area contributed by atoms with Gasteiger partial charge in [0, 0.05) is 17.0 Å². The number of carbonyl (C=O) groups excluding carboxylic acids is 1. The van der Waals surface area contributed by atoms with Crippen molar-refractivity contribution in [3.05, 3.63) is 60.4 Å². The van der Waals surface area contributed by atoms with E-state index in [1.165, 1.54) is 5.39 Å². The molecule has 0 unspecified atom stereocenters. The minimum Gasteiger partial charge on any atom is -0.460 e. The molecule has 4 heteroatoms. The van der Waals surface area contributed by atoms with Gasteiger partial charge in [-0.3, -0.25) is 9.20 Å². The Balaban J connectivity index is 1.95. The summed E-state index contributed by atoms with van der Waals surface area (Å²) in [5.74, 6) is -0.244. The first-order chi connectivity index (χ1) is 11.9. The molecular formula is C21H20N2O2. The van der Waals surface area contributed by atoms with Gasteiger partial charge in [-0.2, -0.15) is 0 Å². The SMILES string of the molecule is CC(C)(C)OC(=O)Cc1cnc2c3ccccc3c3ccccc3n12. The molecule has 0 aliphatic heterocycles. The van der Waals surface area contributed by atoms with Gasteiger partial charge in [0.1, 0.15) is 11.2 Å². The van der Waals surface area contributed by atoms with Crippen molar-refractivity contribution in [2.24, 2.45) is 0 Å². The van der Waals surface area contributed by atoms with Gasteiger partial charge in [0.2, 0.25) is 0 Å². The number of rotatable bonds is 2. The molecule has 0 spiro atoms. The molecule has 0 amide bonds. The number of hydrogen-bond donors (Lipinski definition) is 0. The number of benzene rings is 2. The number of carbonyl (C=O) groups is 1. The molecule has 4 rings (SSSR count). The van der Waals surface area contributed by atoms with Crippen molar-refractivity contribution in [1.82, 2.24) is 9.38 Å². The van der Waals surface area contributed by atoms with Crippen LogP contribution in [0.4, 0.5) is 0 Å². The highest BCUT2D eigenvalue weighted by Gasteiger charge is 2.19. The predicted octanol–water partition coefficient (Wildman–Crippen LogP) is 4.52. The van der Waals surface area contributed by atoms with E-state index in [4.69, 9.17) is 4.74 Å². The fraction of sp³-hybridized carbons (Fsp3) is 0.238. The fourth-order valence-electron chi connectivity index (χ4n) is 3.31. The third-order valence-corrected chi connectivity index (χ3v) is 4.18. The van der Waals surface area contributed by atoms with Crippen LogP contribution in [0.3, 0.4) is 0 Å². The van der Waals surface area contributed by atoms with Crippen LogP contribution in [0, 0.1) is 0 Å². The summed E-state index contributed by atoms with van der Waals surface area (Å²) in [7, 11) is 0. The number of imidazole rings is 1. The van der Waals surface area contributed by atoms with Crippen LogP contribution in [0.1, 0.15) is 26.5 Å². The first kappa shape index (κ1) is 15.6. The molecule has 2 aromatic carbocycles. The third-order valence-electron chi connectivity index (χ3n) is 4.18. The van der Waals surface area contributed by atoms with Gasteiger partial charge in [0.15, 0.2) is 0 Å². The number of esters is 1. The normalized spacial score (nSPS) is 12.1. The lowest BCUT2D eigenvalue weighted by Crippen LogP contribution is -2.25. The average molecular weight is 332 g/mol. The first-order valence-corrected chi connectivity index (χ1v) is 8.42. The van der Waals surface area contributed by atoms with Crippen LogP contribution in [0.5, 0.6) is 0 Å². The van der Waals surface area contributed by atoms with Gasteiger partial charge < -0.3 is 4.74 Å². The Morgan fingerprint density at radius 1 is 1.00 bits per heavy atom. The lowest BCUT2D eigenvalue weighted by Gasteiger charge is -2.19. The number of aromatic nitrogens is 2. The molecule has 25 heavy (non-hydrogen) atoms. The number of pyridine rings is 1. The highest BCUT2D eigenvalue weighted by molar-refractivity contribution is 6.11. The van der Waals surface area contributed by atoms with Crippen molar-refractivity contribution in [2.75, 3.05) is 0 Å². The number of nitrogens with zero attached hydrogens (tertiary/aromatic N) is 2.